The summed E-state index contributed by atoms with van der Waals surface area (Å²) in [6.45, 7) is 8.55. The maximum absolute atomic E-state index is 13.2. The minimum atomic E-state index is -0.565. The van der Waals surface area contributed by atoms with Gasteiger partial charge >= 0.3 is 0 Å². The third-order valence-electron chi connectivity index (χ3n) is 4.64. The third kappa shape index (κ3) is 5.84. The smallest absolute Gasteiger partial charge is 0.242 e. The molecule has 0 fully saturated rings. The first-order chi connectivity index (χ1) is 13.3. The molecule has 1 N–H and O–H groups in total. The number of hydrogen-bond acceptors (Lipinski definition) is 3. The number of carbonyl (C=O) groups is 2. The number of ether oxygens (including phenoxy) is 1. The molecule has 0 saturated heterocycles. The van der Waals surface area contributed by atoms with Gasteiger partial charge in [0, 0.05) is 13.1 Å². The van der Waals surface area contributed by atoms with E-state index in [4.69, 9.17) is 4.74 Å². The van der Waals surface area contributed by atoms with Gasteiger partial charge < -0.3 is 15.0 Å². The number of aryl methyl sites for hydroxylation is 2. The molecule has 2 aromatic rings. The molecule has 0 heterocycles. The number of nitrogens with zero attached hydrogens (tertiary/aromatic N) is 1. The van der Waals surface area contributed by atoms with Crippen LogP contribution < -0.4 is 10.1 Å². The van der Waals surface area contributed by atoms with Crippen LogP contribution in [0.2, 0.25) is 0 Å². The second kappa shape index (κ2) is 9.93. The van der Waals surface area contributed by atoms with Crippen molar-refractivity contribution >= 4 is 11.8 Å². The van der Waals surface area contributed by atoms with Gasteiger partial charge in [0.1, 0.15) is 11.8 Å². The highest BCUT2D eigenvalue weighted by atomic mass is 16.5. The zero-order valence-corrected chi connectivity index (χ0v) is 17.4. The molecule has 2 rings (SSSR count). The molecule has 150 valence electrons. The van der Waals surface area contributed by atoms with Gasteiger partial charge in [0.25, 0.3) is 0 Å². The molecule has 1 atom stereocenters. The van der Waals surface area contributed by atoms with Crippen LogP contribution in [-0.2, 0) is 22.6 Å². The van der Waals surface area contributed by atoms with Crippen molar-refractivity contribution in [2.45, 2.75) is 46.7 Å². The fourth-order valence-corrected chi connectivity index (χ4v) is 3.32. The number of amides is 2. The standard InChI is InChI=1S/C23H30N2O3/c1-6-24-23(27)18(4)25(15-19-8-7-9-21(13-19)28-5)22(26)14-20-11-16(2)10-17(3)12-20/h7-13,18H,6,14-15H2,1-5H3,(H,24,27)/t18-/m1/s1. The molecule has 0 aliphatic rings. The molecule has 0 unspecified atom stereocenters. The fourth-order valence-electron chi connectivity index (χ4n) is 3.32. The summed E-state index contributed by atoms with van der Waals surface area (Å²) in [5.41, 5.74) is 4.13. The largest absolute Gasteiger partial charge is 0.497 e. The van der Waals surface area contributed by atoms with Gasteiger partial charge in [0.2, 0.25) is 11.8 Å². The highest BCUT2D eigenvalue weighted by Crippen LogP contribution is 2.18. The predicted molar refractivity (Wildman–Crippen MR) is 111 cm³/mol. The van der Waals surface area contributed by atoms with Crippen molar-refractivity contribution in [3.63, 3.8) is 0 Å². The zero-order chi connectivity index (χ0) is 20.7. The minimum absolute atomic E-state index is 0.0772. The van der Waals surface area contributed by atoms with Crippen LogP contribution in [0.25, 0.3) is 0 Å². The van der Waals surface area contributed by atoms with Crippen LogP contribution in [0, 0.1) is 13.8 Å². The zero-order valence-electron chi connectivity index (χ0n) is 17.4. The molecule has 2 aromatic carbocycles. The lowest BCUT2D eigenvalue weighted by Gasteiger charge is -2.29. The molecular formula is C23H30N2O3. The number of nitrogens with one attached hydrogen (secondary N) is 1. The summed E-state index contributed by atoms with van der Waals surface area (Å²) in [7, 11) is 1.61. The number of benzene rings is 2. The normalized spacial score (nSPS) is 11.6. The lowest BCUT2D eigenvalue weighted by atomic mass is 10.0. The maximum atomic E-state index is 13.2. The van der Waals surface area contributed by atoms with Gasteiger partial charge in [-0.3, -0.25) is 9.59 Å². The lowest BCUT2D eigenvalue weighted by molar-refractivity contribution is -0.140. The number of rotatable bonds is 8. The number of carbonyl (C=O) groups excluding carboxylic acids is 2. The van der Waals surface area contributed by atoms with E-state index in [1.807, 2.05) is 57.2 Å². The van der Waals surface area contributed by atoms with Gasteiger partial charge in [0.05, 0.1) is 13.5 Å². The molecule has 0 radical (unpaired) electrons. The Labute approximate surface area is 167 Å². The molecule has 2 amide bonds. The van der Waals surface area contributed by atoms with Crippen LogP contribution in [0.5, 0.6) is 5.75 Å². The number of likely N-dealkylation sites (N-methyl/N-ethyl adjacent to an activating group) is 1. The van der Waals surface area contributed by atoms with Gasteiger partial charge in [-0.2, -0.15) is 0 Å². The second-order valence-electron chi connectivity index (χ2n) is 7.12. The predicted octanol–water partition coefficient (Wildman–Crippen LogP) is 3.41. The Hall–Kier alpha value is -2.82. The Morgan fingerprint density at radius 3 is 2.36 bits per heavy atom. The number of methoxy groups -OCH3 is 1. The SMILES string of the molecule is CCNC(=O)[C@@H](C)N(Cc1cccc(OC)c1)C(=O)Cc1cc(C)cc(C)c1. The molecule has 5 heteroatoms. The number of hydrogen-bond donors (Lipinski definition) is 1. The van der Waals surface area contributed by atoms with Crippen molar-refractivity contribution in [1.29, 1.82) is 0 Å². The quantitative estimate of drug-likeness (QED) is 0.761. The summed E-state index contributed by atoms with van der Waals surface area (Å²) in [6.07, 6.45) is 0.260. The summed E-state index contributed by atoms with van der Waals surface area (Å²) in [6, 6.07) is 13.1. The Morgan fingerprint density at radius 1 is 1.07 bits per heavy atom. The van der Waals surface area contributed by atoms with Gasteiger partial charge in [0.15, 0.2) is 0 Å². The monoisotopic (exact) mass is 382 g/mol. The van der Waals surface area contributed by atoms with Crippen molar-refractivity contribution in [1.82, 2.24) is 10.2 Å². The summed E-state index contributed by atoms with van der Waals surface area (Å²) in [5, 5.41) is 2.81. The third-order valence-corrected chi connectivity index (χ3v) is 4.64. The van der Waals surface area contributed by atoms with Crippen molar-refractivity contribution in [3.05, 3.63) is 64.7 Å². The van der Waals surface area contributed by atoms with Crippen LogP contribution in [-0.4, -0.2) is 36.4 Å². The molecule has 0 saturated carbocycles. The van der Waals surface area contributed by atoms with Crippen LogP contribution >= 0.6 is 0 Å². The Morgan fingerprint density at radius 2 is 1.75 bits per heavy atom. The van der Waals surface area contributed by atoms with E-state index in [1.165, 1.54) is 0 Å². The van der Waals surface area contributed by atoms with Crippen LogP contribution in [0.3, 0.4) is 0 Å². The second-order valence-corrected chi connectivity index (χ2v) is 7.12. The maximum Gasteiger partial charge on any atom is 0.242 e. The van der Waals surface area contributed by atoms with Gasteiger partial charge in [-0.05, 0) is 51.0 Å². The summed E-state index contributed by atoms with van der Waals surface area (Å²) < 4.78 is 5.28. The Balaban J connectivity index is 2.27. The first-order valence-corrected chi connectivity index (χ1v) is 9.61. The minimum Gasteiger partial charge on any atom is -0.497 e. The van der Waals surface area contributed by atoms with E-state index in [0.717, 1.165) is 28.0 Å². The van der Waals surface area contributed by atoms with Crippen molar-refractivity contribution < 1.29 is 14.3 Å². The molecule has 0 aromatic heterocycles. The Bertz CT molecular complexity index is 812. The summed E-state index contributed by atoms with van der Waals surface area (Å²) in [4.78, 5) is 27.2. The Kier molecular flexibility index (Phi) is 7.61. The van der Waals surface area contributed by atoms with Gasteiger partial charge in [-0.1, -0.05) is 41.5 Å². The fraction of sp³-hybridized carbons (Fsp3) is 0.391. The van der Waals surface area contributed by atoms with Crippen molar-refractivity contribution in [2.24, 2.45) is 0 Å². The van der Waals surface area contributed by atoms with E-state index in [9.17, 15) is 9.59 Å². The highest BCUT2D eigenvalue weighted by Gasteiger charge is 2.26. The topological polar surface area (TPSA) is 58.6 Å². The van der Waals surface area contributed by atoms with E-state index in [-0.39, 0.29) is 18.2 Å². The van der Waals surface area contributed by atoms with E-state index < -0.39 is 6.04 Å². The first kappa shape index (κ1) is 21.5. The van der Waals surface area contributed by atoms with Crippen molar-refractivity contribution in [2.75, 3.05) is 13.7 Å². The summed E-state index contributed by atoms with van der Waals surface area (Å²) >= 11 is 0. The van der Waals surface area contributed by atoms with E-state index >= 15 is 0 Å². The van der Waals surface area contributed by atoms with E-state index in [2.05, 4.69) is 11.4 Å². The molecule has 0 spiro atoms. The van der Waals surface area contributed by atoms with E-state index in [0.29, 0.717) is 13.1 Å². The van der Waals surface area contributed by atoms with Crippen molar-refractivity contribution in [3.8, 4) is 5.75 Å². The van der Waals surface area contributed by atoms with Crippen LogP contribution in [0.4, 0.5) is 0 Å². The molecule has 28 heavy (non-hydrogen) atoms. The molecule has 0 aliphatic carbocycles. The average molecular weight is 383 g/mol. The van der Waals surface area contributed by atoms with E-state index in [1.54, 1.807) is 18.9 Å². The first-order valence-electron chi connectivity index (χ1n) is 9.61. The average Bonchev–Trinajstić information content (AvgIpc) is 2.65. The van der Waals surface area contributed by atoms with Gasteiger partial charge in [-0.15, -0.1) is 0 Å². The van der Waals surface area contributed by atoms with Gasteiger partial charge in [-0.25, -0.2) is 0 Å². The lowest BCUT2D eigenvalue weighted by Crippen LogP contribution is -2.48. The molecular weight excluding hydrogens is 352 g/mol. The molecule has 5 nitrogen and oxygen atoms in total. The van der Waals surface area contributed by atoms with Crippen LogP contribution in [0.1, 0.15) is 36.1 Å². The molecule has 0 aliphatic heterocycles. The summed E-state index contributed by atoms with van der Waals surface area (Å²) in [5.74, 6) is 0.496. The van der Waals surface area contributed by atoms with Crippen LogP contribution in [0.15, 0.2) is 42.5 Å². The highest BCUT2D eigenvalue weighted by molar-refractivity contribution is 5.88. The molecule has 0 bridgehead atoms.